The Kier molecular flexibility index (Phi) is 8.76. The fourth-order valence-corrected chi connectivity index (χ4v) is 2.75. The summed E-state index contributed by atoms with van der Waals surface area (Å²) in [4.78, 5) is 21.1. The predicted molar refractivity (Wildman–Crippen MR) is 97.5 cm³/mol. The first kappa shape index (κ1) is 21.1. The van der Waals surface area contributed by atoms with E-state index in [0.717, 1.165) is 16.3 Å². The minimum atomic E-state index is -1.26. The summed E-state index contributed by atoms with van der Waals surface area (Å²) in [7, 11) is 1.91. The second kappa shape index (κ2) is 10.8. The summed E-state index contributed by atoms with van der Waals surface area (Å²) in [6.45, 7) is 0.799. The van der Waals surface area contributed by atoms with Gasteiger partial charge in [0.25, 0.3) is 0 Å². The molecule has 0 aliphatic heterocycles. The number of carboxylic acids is 2. The molecule has 0 saturated carbocycles. The topological polar surface area (TPSA) is 127 Å². The average molecular weight is 377 g/mol. The fraction of sp³-hybridized carbons (Fsp3) is 0.111. The van der Waals surface area contributed by atoms with Gasteiger partial charge in [-0.05, 0) is 36.9 Å². The summed E-state index contributed by atoms with van der Waals surface area (Å²) >= 11 is 1.57. The molecule has 26 heavy (non-hydrogen) atoms. The molecule has 0 aliphatic rings. The second-order valence-electron chi connectivity index (χ2n) is 4.90. The Bertz CT molecular complexity index is 775. The number of aromatic hydroxyl groups is 2. The summed E-state index contributed by atoms with van der Waals surface area (Å²) in [6, 6.07) is 13.0. The van der Waals surface area contributed by atoms with Crippen LogP contribution in [-0.2, 0) is 16.1 Å². The molecule has 0 radical (unpaired) electrons. The van der Waals surface area contributed by atoms with Crippen molar-refractivity contribution in [1.82, 2.24) is 5.32 Å². The molecule has 0 unspecified atom stereocenters. The highest BCUT2D eigenvalue weighted by molar-refractivity contribution is 7.99. The van der Waals surface area contributed by atoms with Crippen LogP contribution >= 0.6 is 11.8 Å². The van der Waals surface area contributed by atoms with Gasteiger partial charge in [-0.15, -0.1) is 0 Å². The lowest BCUT2D eigenvalue weighted by atomic mass is 10.2. The van der Waals surface area contributed by atoms with E-state index in [4.69, 9.17) is 10.2 Å². The third-order valence-electron chi connectivity index (χ3n) is 2.88. The third-order valence-corrected chi connectivity index (χ3v) is 3.99. The van der Waals surface area contributed by atoms with Gasteiger partial charge < -0.3 is 25.7 Å². The minimum Gasteiger partial charge on any atom is -0.504 e. The number of nitrogens with one attached hydrogen (secondary N) is 1. The number of carbonyl (C=O) groups is 2. The Morgan fingerprint density at radius 3 is 2.15 bits per heavy atom. The largest absolute Gasteiger partial charge is 0.504 e. The third kappa shape index (κ3) is 7.73. The smallest absolute Gasteiger partial charge is 0.328 e. The van der Waals surface area contributed by atoms with Crippen LogP contribution < -0.4 is 5.32 Å². The van der Waals surface area contributed by atoms with E-state index in [0.29, 0.717) is 12.2 Å². The van der Waals surface area contributed by atoms with Crippen LogP contribution in [0.15, 0.2) is 64.4 Å². The molecular formula is C18H19NO6S. The van der Waals surface area contributed by atoms with Gasteiger partial charge >= 0.3 is 11.9 Å². The molecule has 8 heteroatoms. The molecule has 0 bridgehead atoms. The van der Waals surface area contributed by atoms with Crippen LogP contribution in [0, 0.1) is 0 Å². The van der Waals surface area contributed by atoms with Crippen molar-refractivity contribution in [2.45, 2.75) is 16.3 Å². The van der Waals surface area contributed by atoms with Gasteiger partial charge in [-0.1, -0.05) is 30.0 Å². The van der Waals surface area contributed by atoms with Gasteiger partial charge in [0.15, 0.2) is 11.5 Å². The SMILES string of the molecule is CNCc1ccccc1Sc1ccc(O)c(O)c1.O=C(O)/C=C/C(=O)O. The number of phenolic OH excluding ortho intramolecular Hbond substituents is 2. The van der Waals surface area contributed by atoms with Gasteiger partial charge in [0, 0.05) is 28.5 Å². The van der Waals surface area contributed by atoms with Crippen LogP contribution in [0.1, 0.15) is 5.56 Å². The molecule has 5 N–H and O–H groups in total. The van der Waals surface area contributed by atoms with Crippen LogP contribution in [0.25, 0.3) is 0 Å². The predicted octanol–water partition coefficient (Wildman–Crippen LogP) is 2.68. The van der Waals surface area contributed by atoms with Crippen LogP contribution in [0.5, 0.6) is 11.5 Å². The van der Waals surface area contributed by atoms with Gasteiger partial charge in [-0.2, -0.15) is 0 Å². The normalized spacial score (nSPS) is 10.2. The zero-order valence-corrected chi connectivity index (χ0v) is 14.7. The molecule has 0 atom stereocenters. The molecule has 0 aliphatic carbocycles. The quantitative estimate of drug-likeness (QED) is 0.384. The second-order valence-corrected chi connectivity index (χ2v) is 6.02. The van der Waals surface area contributed by atoms with E-state index in [1.54, 1.807) is 23.9 Å². The lowest BCUT2D eigenvalue weighted by Gasteiger charge is -2.09. The van der Waals surface area contributed by atoms with E-state index in [-0.39, 0.29) is 11.5 Å². The first-order valence-corrected chi connectivity index (χ1v) is 8.21. The Labute approximate surface area is 154 Å². The summed E-state index contributed by atoms with van der Waals surface area (Å²) < 4.78 is 0. The van der Waals surface area contributed by atoms with Gasteiger partial charge in [0.05, 0.1) is 0 Å². The zero-order chi connectivity index (χ0) is 19.5. The first-order chi connectivity index (χ1) is 12.3. The minimum absolute atomic E-state index is 0.0916. The maximum Gasteiger partial charge on any atom is 0.328 e. The molecule has 0 heterocycles. The standard InChI is InChI=1S/C14H15NO2S.C4H4O4/c1-15-9-10-4-2-3-5-14(10)18-11-6-7-12(16)13(17)8-11;5-3(6)1-2-4(7)8/h2-8,15-17H,9H2,1H3;1-2H,(H,5,6)(H,7,8)/b;2-1+. The van der Waals surface area contributed by atoms with E-state index in [9.17, 15) is 19.8 Å². The van der Waals surface area contributed by atoms with Gasteiger partial charge in [-0.25, -0.2) is 9.59 Å². The molecule has 2 rings (SSSR count). The van der Waals surface area contributed by atoms with Gasteiger partial charge in [0.2, 0.25) is 0 Å². The summed E-state index contributed by atoms with van der Waals surface area (Å²) in [5, 5.41) is 37.5. The number of hydrogen-bond donors (Lipinski definition) is 5. The number of phenols is 2. The highest BCUT2D eigenvalue weighted by atomic mass is 32.2. The van der Waals surface area contributed by atoms with Crippen molar-refractivity contribution in [3.05, 3.63) is 60.2 Å². The fourth-order valence-electron chi connectivity index (χ4n) is 1.78. The van der Waals surface area contributed by atoms with Crippen LogP contribution in [0.4, 0.5) is 0 Å². The number of carboxylic acid groups (broad SMARTS) is 2. The number of hydrogen-bond acceptors (Lipinski definition) is 6. The molecule has 0 amide bonds. The Morgan fingerprint density at radius 2 is 1.62 bits per heavy atom. The van der Waals surface area contributed by atoms with Crippen molar-refractivity contribution >= 4 is 23.7 Å². The lowest BCUT2D eigenvalue weighted by Crippen LogP contribution is -2.05. The van der Waals surface area contributed by atoms with Crippen molar-refractivity contribution in [3.8, 4) is 11.5 Å². The highest BCUT2D eigenvalue weighted by Gasteiger charge is 2.05. The van der Waals surface area contributed by atoms with Gasteiger partial charge in [-0.3, -0.25) is 0 Å². The Balaban J connectivity index is 0.000000359. The summed E-state index contributed by atoms with van der Waals surface area (Å²) in [6.07, 6.45) is 1.12. The molecule has 138 valence electrons. The lowest BCUT2D eigenvalue weighted by molar-refractivity contribution is -0.134. The maximum atomic E-state index is 9.55. The summed E-state index contributed by atoms with van der Waals surface area (Å²) in [5.74, 6) is -2.70. The number of rotatable bonds is 6. The van der Waals surface area contributed by atoms with Gasteiger partial charge in [0.1, 0.15) is 0 Å². The first-order valence-electron chi connectivity index (χ1n) is 7.39. The Morgan fingerprint density at radius 1 is 1.00 bits per heavy atom. The van der Waals surface area contributed by atoms with Crippen LogP contribution in [-0.4, -0.2) is 39.4 Å². The van der Waals surface area contributed by atoms with E-state index >= 15 is 0 Å². The van der Waals surface area contributed by atoms with Crippen molar-refractivity contribution in [2.24, 2.45) is 0 Å². The maximum absolute atomic E-state index is 9.55. The van der Waals surface area contributed by atoms with Crippen molar-refractivity contribution in [2.75, 3.05) is 7.05 Å². The van der Waals surface area contributed by atoms with Crippen molar-refractivity contribution in [1.29, 1.82) is 0 Å². The molecule has 0 fully saturated rings. The monoisotopic (exact) mass is 377 g/mol. The van der Waals surface area contributed by atoms with E-state index in [2.05, 4.69) is 11.4 Å². The van der Waals surface area contributed by atoms with Crippen LogP contribution in [0.2, 0.25) is 0 Å². The average Bonchev–Trinajstić information content (AvgIpc) is 2.59. The molecule has 7 nitrogen and oxygen atoms in total. The number of aliphatic carboxylic acids is 2. The molecule has 2 aromatic carbocycles. The van der Waals surface area contributed by atoms with Crippen LogP contribution in [0.3, 0.4) is 0 Å². The van der Waals surface area contributed by atoms with Crippen molar-refractivity contribution < 1.29 is 30.0 Å². The highest BCUT2D eigenvalue weighted by Crippen LogP contribution is 2.35. The zero-order valence-electron chi connectivity index (χ0n) is 13.9. The van der Waals surface area contributed by atoms with E-state index in [1.165, 1.54) is 11.6 Å². The molecular weight excluding hydrogens is 358 g/mol. The van der Waals surface area contributed by atoms with Crippen molar-refractivity contribution in [3.63, 3.8) is 0 Å². The van der Waals surface area contributed by atoms with E-state index < -0.39 is 11.9 Å². The molecule has 0 spiro atoms. The molecule has 2 aromatic rings. The van der Waals surface area contributed by atoms with E-state index in [1.807, 2.05) is 25.2 Å². The summed E-state index contributed by atoms with van der Waals surface area (Å²) in [5.41, 5.74) is 1.21. The molecule has 0 saturated heterocycles. The molecule has 0 aromatic heterocycles. The number of benzene rings is 2. The Hall–Kier alpha value is -2.97.